The third-order valence-electron chi connectivity index (χ3n) is 4.45. The highest BCUT2D eigenvalue weighted by molar-refractivity contribution is 4.48. The standard InChI is InChI=1S/C19H42N/c1-5-7-8-9-10-11-12-13-14-15-16-17-19-20(3,4)18-6-2/h5-19H2,1-4H3/q+1. The molecule has 0 aliphatic heterocycles. The SMILES string of the molecule is CCCCCCCCCCCCCC[N+](C)(C)CCC. The highest BCUT2D eigenvalue weighted by atomic mass is 15.3. The molecular formula is C19H42N+. The predicted octanol–water partition coefficient (Wildman–Crippen LogP) is 6.17. The van der Waals surface area contributed by atoms with Crippen LogP contribution in [0.1, 0.15) is 97.3 Å². The van der Waals surface area contributed by atoms with Gasteiger partial charge in [0.25, 0.3) is 0 Å². The lowest BCUT2D eigenvalue weighted by molar-refractivity contribution is -0.890. The maximum atomic E-state index is 2.38. The van der Waals surface area contributed by atoms with E-state index >= 15 is 0 Å². The molecule has 0 atom stereocenters. The Balaban J connectivity index is 3.13. The van der Waals surface area contributed by atoms with Crippen molar-refractivity contribution in [1.82, 2.24) is 0 Å². The molecule has 20 heavy (non-hydrogen) atoms. The van der Waals surface area contributed by atoms with Crippen molar-refractivity contribution in [2.45, 2.75) is 97.3 Å². The molecule has 0 unspecified atom stereocenters. The molecular weight excluding hydrogens is 242 g/mol. The van der Waals surface area contributed by atoms with Gasteiger partial charge in [0.1, 0.15) is 0 Å². The van der Waals surface area contributed by atoms with Crippen molar-refractivity contribution in [2.75, 3.05) is 27.2 Å². The molecule has 0 rings (SSSR count). The second kappa shape index (κ2) is 13.9. The lowest BCUT2D eigenvalue weighted by Crippen LogP contribution is -2.40. The van der Waals surface area contributed by atoms with Crippen molar-refractivity contribution in [3.8, 4) is 0 Å². The summed E-state index contributed by atoms with van der Waals surface area (Å²) in [5.74, 6) is 0. The maximum Gasteiger partial charge on any atom is 0.0782 e. The largest absolute Gasteiger partial charge is 0.328 e. The molecule has 0 saturated carbocycles. The molecule has 0 aromatic rings. The summed E-state index contributed by atoms with van der Waals surface area (Å²) in [6.45, 7) is 7.29. The predicted molar refractivity (Wildman–Crippen MR) is 93.2 cm³/mol. The molecule has 0 amide bonds. The fourth-order valence-corrected chi connectivity index (χ4v) is 3.10. The Morgan fingerprint density at radius 3 is 1.25 bits per heavy atom. The van der Waals surface area contributed by atoms with Gasteiger partial charge in [-0.2, -0.15) is 0 Å². The number of unbranched alkanes of at least 4 members (excludes halogenated alkanes) is 11. The topological polar surface area (TPSA) is 0 Å². The van der Waals surface area contributed by atoms with Crippen molar-refractivity contribution in [2.24, 2.45) is 0 Å². The van der Waals surface area contributed by atoms with Crippen molar-refractivity contribution in [3.05, 3.63) is 0 Å². The van der Waals surface area contributed by atoms with Gasteiger partial charge in [0.05, 0.1) is 27.2 Å². The van der Waals surface area contributed by atoms with Crippen LogP contribution in [0.2, 0.25) is 0 Å². The van der Waals surface area contributed by atoms with Crippen molar-refractivity contribution in [3.63, 3.8) is 0 Å². The van der Waals surface area contributed by atoms with E-state index in [1.54, 1.807) is 0 Å². The van der Waals surface area contributed by atoms with E-state index in [0.717, 1.165) is 0 Å². The van der Waals surface area contributed by atoms with Crippen LogP contribution in [0.5, 0.6) is 0 Å². The summed E-state index contributed by atoms with van der Waals surface area (Å²) in [6, 6.07) is 0. The Morgan fingerprint density at radius 2 is 0.850 bits per heavy atom. The third kappa shape index (κ3) is 14.4. The van der Waals surface area contributed by atoms with Gasteiger partial charge < -0.3 is 4.48 Å². The van der Waals surface area contributed by atoms with Crippen LogP contribution in [0.4, 0.5) is 0 Å². The van der Waals surface area contributed by atoms with Gasteiger partial charge in [-0.3, -0.25) is 0 Å². The molecule has 1 heteroatoms. The lowest BCUT2D eigenvalue weighted by Gasteiger charge is -2.29. The van der Waals surface area contributed by atoms with Gasteiger partial charge in [-0.05, 0) is 19.3 Å². The molecule has 0 N–H and O–H groups in total. The van der Waals surface area contributed by atoms with E-state index in [4.69, 9.17) is 0 Å². The maximum absolute atomic E-state index is 2.38. The zero-order chi connectivity index (χ0) is 15.1. The van der Waals surface area contributed by atoms with E-state index < -0.39 is 0 Å². The van der Waals surface area contributed by atoms with Crippen LogP contribution >= 0.6 is 0 Å². The van der Waals surface area contributed by atoms with Gasteiger partial charge in [0.15, 0.2) is 0 Å². The number of hydrogen-bond acceptors (Lipinski definition) is 0. The fourth-order valence-electron chi connectivity index (χ4n) is 3.10. The highest BCUT2D eigenvalue weighted by Crippen LogP contribution is 2.12. The highest BCUT2D eigenvalue weighted by Gasteiger charge is 2.11. The molecule has 0 aliphatic carbocycles. The van der Waals surface area contributed by atoms with Crippen molar-refractivity contribution >= 4 is 0 Å². The van der Waals surface area contributed by atoms with Gasteiger partial charge in [-0.1, -0.05) is 78.1 Å². The van der Waals surface area contributed by atoms with Crippen molar-refractivity contribution in [1.29, 1.82) is 0 Å². The molecule has 0 aliphatic rings. The summed E-state index contributed by atoms with van der Waals surface area (Å²) in [6.07, 6.45) is 18.7. The quantitative estimate of drug-likeness (QED) is 0.249. The first-order chi connectivity index (χ1) is 9.62. The molecule has 0 heterocycles. The van der Waals surface area contributed by atoms with E-state index in [9.17, 15) is 0 Å². The Bertz CT molecular complexity index is 186. The molecule has 1 nitrogen and oxygen atoms in total. The van der Waals surface area contributed by atoms with Crippen LogP contribution in [0.15, 0.2) is 0 Å². The summed E-state index contributed by atoms with van der Waals surface area (Å²) in [5, 5.41) is 0. The zero-order valence-corrected chi connectivity index (χ0v) is 15.1. The molecule has 0 fully saturated rings. The minimum Gasteiger partial charge on any atom is -0.328 e. The van der Waals surface area contributed by atoms with Gasteiger partial charge in [-0.25, -0.2) is 0 Å². The summed E-state index contributed by atoms with van der Waals surface area (Å²) < 4.78 is 1.22. The first kappa shape index (κ1) is 20.0. The van der Waals surface area contributed by atoms with Crippen LogP contribution in [0.3, 0.4) is 0 Å². The van der Waals surface area contributed by atoms with Crippen molar-refractivity contribution < 1.29 is 4.48 Å². The van der Waals surface area contributed by atoms with Crippen LogP contribution in [-0.2, 0) is 0 Å². The second-order valence-corrected chi connectivity index (χ2v) is 7.27. The van der Waals surface area contributed by atoms with Gasteiger partial charge in [-0.15, -0.1) is 0 Å². The van der Waals surface area contributed by atoms with Crippen LogP contribution in [0, 0.1) is 0 Å². The smallest absolute Gasteiger partial charge is 0.0782 e. The first-order valence-corrected chi connectivity index (χ1v) is 9.44. The molecule has 0 bridgehead atoms. The second-order valence-electron chi connectivity index (χ2n) is 7.27. The lowest BCUT2D eigenvalue weighted by atomic mass is 10.1. The number of rotatable bonds is 15. The summed E-state index contributed by atoms with van der Waals surface area (Å²) in [4.78, 5) is 0. The van der Waals surface area contributed by atoms with Gasteiger partial charge in [0.2, 0.25) is 0 Å². The number of nitrogens with zero attached hydrogens (tertiary/aromatic N) is 1. The van der Waals surface area contributed by atoms with E-state index in [1.807, 2.05) is 0 Å². The number of quaternary nitrogens is 1. The van der Waals surface area contributed by atoms with Crippen LogP contribution < -0.4 is 0 Å². The van der Waals surface area contributed by atoms with E-state index in [1.165, 1.54) is 101 Å². The monoisotopic (exact) mass is 284 g/mol. The Labute approximate surface area is 129 Å². The van der Waals surface area contributed by atoms with Gasteiger partial charge >= 0.3 is 0 Å². The molecule has 0 aromatic carbocycles. The average molecular weight is 285 g/mol. The Hall–Kier alpha value is -0.0400. The molecule has 0 spiro atoms. The molecule has 0 aromatic heterocycles. The minimum absolute atomic E-state index is 1.22. The Kier molecular flexibility index (Phi) is 13.9. The summed E-state index contributed by atoms with van der Waals surface area (Å²) in [5.41, 5.74) is 0. The summed E-state index contributed by atoms with van der Waals surface area (Å²) in [7, 11) is 4.75. The molecule has 0 radical (unpaired) electrons. The summed E-state index contributed by atoms with van der Waals surface area (Å²) >= 11 is 0. The fraction of sp³-hybridized carbons (Fsp3) is 1.00. The first-order valence-electron chi connectivity index (χ1n) is 9.44. The molecule has 0 saturated heterocycles. The van der Waals surface area contributed by atoms with Crippen LogP contribution in [0.25, 0.3) is 0 Å². The van der Waals surface area contributed by atoms with E-state index in [0.29, 0.717) is 0 Å². The van der Waals surface area contributed by atoms with E-state index in [-0.39, 0.29) is 0 Å². The average Bonchev–Trinajstić information content (AvgIpc) is 2.40. The van der Waals surface area contributed by atoms with Gasteiger partial charge in [0, 0.05) is 0 Å². The van der Waals surface area contributed by atoms with E-state index in [2.05, 4.69) is 27.9 Å². The molecule has 122 valence electrons. The Morgan fingerprint density at radius 1 is 0.450 bits per heavy atom. The van der Waals surface area contributed by atoms with Crippen LogP contribution in [-0.4, -0.2) is 31.7 Å². The third-order valence-corrected chi connectivity index (χ3v) is 4.45. The minimum atomic E-state index is 1.22. The number of hydrogen-bond donors (Lipinski definition) is 0. The normalized spacial score (nSPS) is 12.0. The zero-order valence-electron chi connectivity index (χ0n) is 15.1.